The van der Waals surface area contributed by atoms with E-state index in [4.69, 9.17) is 12.3 Å². The summed E-state index contributed by atoms with van der Waals surface area (Å²) >= 11 is 0. The van der Waals surface area contributed by atoms with E-state index in [9.17, 15) is 13.2 Å². The van der Waals surface area contributed by atoms with Gasteiger partial charge in [-0.2, -0.15) is 13.2 Å². The monoisotopic (exact) mass is 217 g/mol. The Morgan fingerprint density at radius 1 is 1.53 bits per heavy atom. The van der Waals surface area contributed by atoms with E-state index in [1.807, 2.05) is 5.32 Å². The fourth-order valence-corrected chi connectivity index (χ4v) is 0.739. The summed E-state index contributed by atoms with van der Waals surface area (Å²) in [6.45, 7) is 5.37. The number of halogens is 3. The van der Waals surface area contributed by atoms with Gasteiger partial charge >= 0.3 is 6.18 Å². The molecule has 0 unspecified atom stereocenters. The van der Waals surface area contributed by atoms with Crippen molar-refractivity contribution in [2.45, 2.75) is 6.18 Å². The number of anilines is 2. The molecule has 0 aromatic carbocycles. The fraction of sp³-hybridized carbons (Fsp3) is 0.286. The Morgan fingerprint density at radius 3 is 2.67 bits per heavy atom. The van der Waals surface area contributed by atoms with Crippen LogP contribution in [0.3, 0.4) is 0 Å². The van der Waals surface area contributed by atoms with Crippen LogP contribution in [0.4, 0.5) is 30.6 Å². The highest BCUT2D eigenvalue weighted by molar-refractivity contribution is 5.62. The van der Waals surface area contributed by atoms with Crippen LogP contribution in [-0.4, -0.2) is 22.7 Å². The molecule has 0 aliphatic carbocycles. The van der Waals surface area contributed by atoms with E-state index in [-0.39, 0.29) is 17.5 Å². The molecule has 8 heteroatoms. The largest absolute Gasteiger partial charge is 0.405 e. The van der Waals surface area contributed by atoms with E-state index in [1.165, 1.54) is 0 Å². The normalized spacial score (nSPS) is 10.8. The Kier molecular flexibility index (Phi) is 2.94. The van der Waals surface area contributed by atoms with Gasteiger partial charge in [0.05, 0.1) is 6.57 Å². The molecule has 0 fully saturated rings. The number of alkyl halides is 3. The van der Waals surface area contributed by atoms with Crippen LogP contribution >= 0.6 is 0 Å². The fourth-order valence-electron chi connectivity index (χ4n) is 0.739. The second-order valence-corrected chi connectivity index (χ2v) is 2.54. The molecule has 1 rings (SSSR count). The van der Waals surface area contributed by atoms with Crippen LogP contribution in [0.2, 0.25) is 0 Å². The molecule has 0 atom stereocenters. The summed E-state index contributed by atoms with van der Waals surface area (Å²) in [5.74, 6) is -0.401. The lowest BCUT2D eigenvalue weighted by Crippen LogP contribution is -2.22. The van der Waals surface area contributed by atoms with Crippen molar-refractivity contribution in [2.24, 2.45) is 0 Å². The predicted molar refractivity (Wildman–Crippen MR) is 47.3 cm³/mol. The molecule has 0 radical (unpaired) electrons. The molecule has 0 bridgehead atoms. The maximum Gasteiger partial charge on any atom is 0.405 e. The minimum Gasteiger partial charge on any atom is -0.392 e. The first-order valence-corrected chi connectivity index (χ1v) is 3.73. The van der Waals surface area contributed by atoms with Crippen molar-refractivity contribution in [3.05, 3.63) is 17.6 Å². The summed E-state index contributed by atoms with van der Waals surface area (Å²) in [6.07, 6.45) is -3.29. The predicted octanol–water partition coefficient (Wildman–Crippen LogP) is 1.58. The topological polar surface area (TPSA) is 68.2 Å². The summed E-state index contributed by atoms with van der Waals surface area (Å²) in [6, 6.07) is 0. The molecule has 1 aromatic rings. The zero-order valence-electron chi connectivity index (χ0n) is 7.34. The van der Waals surface area contributed by atoms with Gasteiger partial charge in [0.2, 0.25) is 11.6 Å². The lowest BCUT2D eigenvalue weighted by atomic mass is 10.5. The Hall–Kier alpha value is -2.04. The molecule has 0 saturated heterocycles. The number of hydrogen-bond donors (Lipinski definition) is 2. The number of rotatable bonds is 2. The Morgan fingerprint density at radius 2 is 2.20 bits per heavy atom. The standard InChI is InChI=1S/C7H6F3N5/c1-12-4-2-13-6(15-5(4)11)14-3-7(8,9)10/h2H,3H2,(H3,11,13,14,15). The first kappa shape index (κ1) is 11.0. The van der Waals surface area contributed by atoms with Gasteiger partial charge in [0, 0.05) is 6.20 Å². The molecule has 15 heavy (non-hydrogen) atoms. The van der Waals surface area contributed by atoms with E-state index in [0.29, 0.717) is 0 Å². The van der Waals surface area contributed by atoms with Gasteiger partial charge in [-0.3, -0.25) is 0 Å². The smallest absolute Gasteiger partial charge is 0.392 e. The third-order valence-corrected chi connectivity index (χ3v) is 1.37. The molecule has 80 valence electrons. The molecular formula is C7H6F3N5. The van der Waals surface area contributed by atoms with Crippen molar-refractivity contribution in [3.63, 3.8) is 0 Å². The summed E-state index contributed by atoms with van der Waals surface area (Å²) in [4.78, 5) is 9.96. The maximum absolute atomic E-state index is 11.8. The van der Waals surface area contributed by atoms with Gasteiger partial charge in [-0.1, -0.05) is 0 Å². The number of hydrogen-bond acceptors (Lipinski definition) is 4. The highest BCUT2D eigenvalue weighted by atomic mass is 19.4. The maximum atomic E-state index is 11.8. The molecule has 3 N–H and O–H groups in total. The van der Waals surface area contributed by atoms with Gasteiger partial charge in [-0.15, -0.1) is 0 Å². The first-order valence-electron chi connectivity index (χ1n) is 3.73. The van der Waals surface area contributed by atoms with Crippen LogP contribution in [0.15, 0.2) is 6.20 Å². The lowest BCUT2D eigenvalue weighted by molar-refractivity contribution is -0.115. The van der Waals surface area contributed by atoms with Crippen molar-refractivity contribution in [1.82, 2.24) is 9.97 Å². The second-order valence-electron chi connectivity index (χ2n) is 2.54. The van der Waals surface area contributed by atoms with Crippen LogP contribution in [0, 0.1) is 6.57 Å². The SMILES string of the molecule is [C-]#[N+]c1cnc(NCC(F)(F)F)nc1N. The minimum atomic E-state index is -4.35. The van der Waals surface area contributed by atoms with Crippen molar-refractivity contribution < 1.29 is 13.2 Å². The molecule has 1 heterocycles. The van der Waals surface area contributed by atoms with Gasteiger partial charge in [-0.25, -0.2) is 14.8 Å². The number of nitrogen functional groups attached to an aromatic ring is 1. The highest BCUT2D eigenvalue weighted by Gasteiger charge is 2.27. The molecule has 0 aliphatic rings. The lowest BCUT2D eigenvalue weighted by Gasteiger charge is -2.08. The van der Waals surface area contributed by atoms with Crippen LogP contribution in [0.5, 0.6) is 0 Å². The molecule has 0 aliphatic heterocycles. The van der Waals surface area contributed by atoms with Gasteiger partial charge in [-0.05, 0) is 0 Å². The van der Waals surface area contributed by atoms with Gasteiger partial charge < -0.3 is 11.1 Å². The minimum absolute atomic E-state index is 0.00700. The van der Waals surface area contributed by atoms with Crippen molar-refractivity contribution in [1.29, 1.82) is 0 Å². The van der Waals surface area contributed by atoms with Crippen LogP contribution in [0.25, 0.3) is 4.85 Å². The van der Waals surface area contributed by atoms with Crippen molar-refractivity contribution >= 4 is 17.5 Å². The zero-order valence-corrected chi connectivity index (χ0v) is 7.34. The third kappa shape index (κ3) is 3.30. The number of nitrogens with zero attached hydrogens (tertiary/aromatic N) is 3. The summed E-state index contributed by atoms with van der Waals surface area (Å²) < 4.78 is 35.4. The van der Waals surface area contributed by atoms with Gasteiger partial charge in [0.25, 0.3) is 0 Å². The van der Waals surface area contributed by atoms with E-state index >= 15 is 0 Å². The van der Waals surface area contributed by atoms with Crippen molar-refractivity contribution in [3.8, 4) is 0 Å². The first-order chi connectivity index (χ1) is 6.92. The number of aromatic nitrogens is 2. The number of nitrogens with one attached hydrogen (secondary N) is 1. The highest BCUT2D eigenvalue weighted by Crippen LogP contribution is 2.20. The Labute approximate surface area is 83.0 Å². The average molecular weight is 217 g/mol. The molecule has 1 aromatic heterocycles. The summed E-state index contributed by atoms with van der Waals surface area (Å²) in [7, 11) is 0. The van der Waals surface area contributed by atoms with Crippen LogP contribution < -0.4 is 11.1 Å². The van der Waals surface area contributed by atoms with Crippen LogP contribution in [-0.2, 0) is 0 Å². The van der Waals surface area contributed by atoms with E-state index in [0.717, 1.165) is 6.20 Å². The molecule has 0 spiro atoms. The van der Waals surface area contributed by atoms with E-state index in [2.05, 4.69) is 14.8 Å². The van der Waals surface area contributed by atoms with Gasteiger partial charge in [0.15, 0.2) is 0 Å². The third-order valence-electron chi connectivity index (χ3n) is 1.37. The Balaban J connectivity index is 2.73. The molecular weight excluding hydrogens is 211 g/mol. The van der Waals surface area contributed by atoms with Crippen molar-refractivity contribution in [2.75, 3.05) is 17.6 Å². The molecule has 5 nitrogen and oxygen atoms in total. The second kappa shape index (κ2) is 4.00. The summed E-state index contributed by atoms with van der Waals surface area (Å²) in [5, 5.41) is 1.95. The molecule has 0 saturated carbocycles. The molecule has 0 amide bonds. The summed E-state index contributed by atoms with van der Waals surface area (Å²) in [5.41, 5.74) is 5.29. The zero-order chi connectivity index (χ0) is 11.5. The number of nitrogens with two attached hydrogens (primary N) is 1. The average Bonchev–Trinajstić information content (AvgIpc) is 2.14. The van der Waals surface area contributed by atoms with Gasteiger partial charge in [0.1, 0.15) is 12.4 Å². The quantitative estimate of drug-likeness (QED) is 0.738. The van der Waals surface area contributed by atoms with Crippen LogP contribution in [0.1, 0.15) is 0 Å². The van der Waals surface area contributed by atoms with E-state index in [1.54, 1.807) is 0 Å². The van der Waals surface area contributed by atoms with E-state index < -0.39 is 12.7 Å². The Bertz CT molecular complexity index is 395.